The zero-order chi connectivity index (χ0) is 24.1. The van der Waals surface area contributed by atoms with Crippen LogP contribution in [0.3, 0.4) is 0 Å². The van der Waals surface area contributed by atoms with E-state index in [2.05, 4.69) is 5.10 Å². The molecule has 3 heterocycles. The minimum Gasteiger partial charge on any atom is -0.364 e. The van der Waals surface area contributed by atoms with Crippen molar-refractivity contribution in [2.75, 3.05) is 22.9 Å². The van der Waals surface area contributed by atoms with Gasteiger partial charge < -0.3 is 15.5 Å². The molecule has 8 heteroatoms. The lowest BCUT2D eigenvalue weighted by Gasteiger charge is -2.30. The molecule has 0 aliphatic carbocycles. The average Bonchev–Trinajstić information content (AvgIpc) is 3.39. The molecular weight excluding hydrogens is 430 g/mol. The molecule has 2 aliphatic heterocycles. The molecule has 1 saturated heterocycles. The van der Waals surface area contributed by atoms with Gasteiger partial charge in [-0.15, -0.1) is 0 Å². The minimum absolute atomic E-state index is 0.127. The lowest BCUT2D eigenvalue weighted by molar-refractivity contribution is -0.117. The number of rotatable bonds is 4. The van der Waals surface area contributed by atoms with Gasteiger partial charge in [0.2, 0.25) is 5.91 Å². The number of aryl methyl sites for hydroxylation is 3. The van der Waals surface area contributed by atoms with Crippen molar-refractivity contribution >= 4 is 29.1 Å². The molecule has 8 nitrogen and oxygen atoms in total. The van der Waals surface area contributed by atoms with Crippen molar-refractivity contribution in [1.82, 2.24) is 9.78 Å². The Balaban J connectivity index is 1.57. The van der Waals surface area contributed by atoms with Crippen LogP contribution in [-0.4, -0.2) is 40.6 Å². The van der Waals surface area contributed by atoms with Gasteiger partial charge in [0.15, 0.2) is 5.69 Å². The molecule has 1 aromatic heterocycles. The number of fused-ring (bicyclic) bond motifs is 1. The van der Waals surface area contributed by atoms with Gasteiger partial charge >= 0.3 is 0 Å². The molecule has 34 heavy (non-hydrogen) atoms. The normalized spacial score (nSPS) is 15.7. The van der Waals surface area contributed by atoms with E-state index in [0.717, 1.165) is 40.2 Å². The highest BCUT2D eigenvalue weighted by atomic mass is 16.2. The van der Waals surface area contributed by atoms with Gasteiger partial charge in [-0.2, -0.15) is 5.10 Å². The zero-order valence-corrected chi connectivity index (χ0v) is 19.6. The quantitative estimate of drug-likeness (QED) is 0.650. The van der Waals surface area contributed by atoms with Gasteiger partial charge in [-0.1, -0.05) is 17.7 Å². The Kier molecular flexibility index (Phi) is 5.23. The van der Waals surface area contributed by atoms with Crippen LogP contribution in [0.1, 0.15) is 56.1 Å². The molecule has 0 radical (unpaired) electrons. The van der Waals surface area contributed by atoms with Gasteiger partial charge in [0.05, 0.1) is 5.69 Å². The zero-order valence-electron chi connectivity index (χ0n) is 19.6. The van der Waals surface area contributed by atoms with E-state index in [1.807, 2.05) is 57.2 Å². The number of benzene rings is 2. The van der Waals surface area contributed by atoms with Gasteiger partial charge in [0.1, 0.15) is 5.69 Å². The van der Waals surface area contributed by atoms with Crippen LogP contribution in [0.25, 0.3) is 5.69 Å². The number of anilines is 2. The molecule has 174 valence electrons. The maximum absolute atomic E-state index is 13.8. The topological polar surface area (TPSA) is 102 Å². The number of primary amides is 1. The monoisotopic (exact) mass is 457 g/mol. The Labute approximate surface area is 197 Å². The van der Waals surface area contributed by atoms with Crippen molar-refractivity contribution in [2.24, 2.45) is 5.73 Å². The van der Waals surface area contributed by atoms with Crippen molar-refractivity contribution in [3.8, 4) is 5.69 Å². The standard InChI is InChI=1S/C26H27N5O3/c1-15-6-8-21(16(2)13-15)31-24-19(23(28-31)25(27)33)10-12-30(26(24)34)20-9-7-18(14-17(20)3)29-11-4-5-22(29)32/h6-9,13-14H,4-5,10-12H2,1-3H3,(H2,27,33). The summed E-state index contributed by atoms with van der Waals surface area (Å²) in [6.45, 7) is 7.02. The molecule has 1 fully saturated rings. The highest BCUT2D eigenvalue weighted by molar-refractivity contribution is 6.10. The summed E-state index contributed by atoms with van der Waals surface area (Å²) in [6.07, 6.45) is 1.90. The third-order valence-electron chi connectivity index (χ3n) is 6.69. The summed E-state index contributed by atoms with van der Waals surface area (Å²) >= 11 is 0. The fraction of sp³-hybridized carbons (Fsp3) is 0.308. The Morgan fingerprint density at radius 2 is 1.65 bits per heavy atom. The predicted octanol–water partition coefficient (Wildman–Crippen LogP) is 3.23. The summed E-state index contributed by atoms with van der Waals surface area (Å²) in [5.74, 6) is -0.742. The van der Waals surface area contributed by atoms with Gasteiger partial charge in [0, 0.05) is 36.4 Å². The Morgan fingerprint density at radius 1 is 0.912 bits per heavy atom. The van der Waals surface area contributed by atoms with Crippen LogP contribution in [0, 0.1) is 20.8 Å². The molecule has 0 atom stereocenters. The van der Waals surface area contributed by atoms with E-state index in [-0.39, 0.29) is 17.5 Å². The fourth-order valence-corrected chi connectivity index (χ4v) is 5.04. The average molecular weight is 458 g/mol. The van der Waals surface area contributed by atoms with E-state index in [9.17, 15) is 14.4 Å². The number of nitrogens with zero attached hydrogens (tertiary/aromatic N) is 4. The van der Waals surface area contributed by atoms with Crippen LogP contribution in [0.4, 0.5) is 11.4 Å². The minimum atomic E-state index is -0.642. The van der Waals surface area contributed by atoms with Crippen LogP contribution >= 0.6 is 0 Å². The summed E-state index contributed by atoms with van der Waals surface area (Å²) < 4.78 is 1.56. The van der Waals surface area contributed by atoms with Crippen molar-refractivity contribution in [3.63, 3.8) is 0 Å². The smallest absolute Gasteiger partial charge is 0.277 e. The molecule has 0 spiro atoms. The summed E-state index contributed by atoms with van der Waals surface area (Å²) in [5, 5.41) is 4.48. The SMILES string of the molecule is Cc1ccc(-n2nc(C(N)=O)c3c2C(=O)N(c2ccc(N4CCCC4=O)cc2C)CC3)c(C)c1. The van der Waals surface area contributed by atoms with E-state index in [1.54, 1.807) is 14.5 Å². The lowest BCUT2D eigenvalue weighted by Crippen LogP contribution is -2.39. The lowest BCUT2D eigenvalue weighted by atomic mass is 10.0. The van der Waals surface area contributed by atoms with Crippen molar-refractivity contribution in [3.05, 3.63) is 70.0 Å². The van der Waals surface area contributed by atoms with E-state index in [4.69, 9.17) is 5.73 Å². The number of hydrogen-bond acceptors (Lipinski definition) is 4. The largest absolute Gasteiger partial charge is 0.364 e. The second kappa shape index (κ2) is 8.13. The molecule has 2 aromatic carbocycles. The summed E-state index contributed by atoms with van der Waals surface area (Å²) in [6, 6.07) is 11.6. The van der Waals surface area contributed by atoms with Crippen LogP contribution in [0.2, 0.25) is 0 Å². The van der Waals surface area contributed by atoms with Gasteiger partial charge in [-0.05, 0) is 69.0 Å². The maximum Gasteiger partial charge on any atom is 0.277 e. The number of carbonyl (C=O) groups excluding carboxylic acids is 3. The maximum atomic E-state index is 13.8. The second-order valence-corrected chi connectivity index (χ2v) is 9.07. The molecule has 0 bridgehead atoms. The highest BCUT2D eigenvalue weighted by Gasteiger charge is 2.35. The number of aromatic nitrogens is 2. The number of carbonyl (C=O) groups is 3. The van der Waals surface area contributed by atoms with Crippen LogP contribution < -0.4 is 15.5 Å². The third-order valence-corrected chi connectivity index (χ3v) is 6.69. The summed E-state index contributed by atoms with van der Waals surface area (Å²) in [4.78, 5) is 41.6. The van der Waals surface area contributed by atoms with E-state index < -0.39 is 5.91 Å². The van der Waals surface area contributed by atoms with Crippen LogP contribution in [0.5, 0.6) is 0 Å². The molecule has 2 N–H and O–H groups in total. The molecule has 3 amide bonds. The summed E-state index contributed by atoms with van der Waals surface area (Å²) in [7, 11) is 0. The number of nitrogens with two attached hydrogens (primary N) is 1. The number of amides is 3. The first kappa shape index (κ1) is 21.9. The van der Waals surface area contributed by atoms with Gasteiger partial charge in [-0.3, -0.25) is 14.4 Å². The molecule has 2 aliphatic rings. The Hall–Kier alpha value is -3.94. The van der Waals surface area contributed by atoms with Crippen LogP contribution in [0.15, 0.2) is 36.4 Å². The fourth-order valence-electron chi connectivity index (χ4n) is 5.04. The van der Waals surface area contributed by atoms with Crippen molar-refractivity contribution in [1.29, 1.82) is 0 Å². The Bertz CT molecular complexity index is 1360. The van der Waals surface area contributed by atoms with Crippen molar-refractivity contribution in [2.45, 2.75) is 40.0 Å². The molecule has 3 aromatic rings. The first-order valence-electron chi connectivity index (χ1n) is 11.5. The van der Waals surface area contributed by atoms with E-state index >= 15 is 0 Å². The molecular formula is C26H27N5O3. The predicted molar refractivity (Wildman–Crippen MR) is 130 cm³/mol. The van der Waals surface area contributed by atoms with Crippen molar-refractivity contribution < 1.29 is 14.4 Å². The van der Waals surface area contributed by atoms with Gasteiger partial charge in [0.25, 0.3) is 11.8 Å². The van der Waals surface area contributed by atoms with Crippen LogP contribution in [-0.2, 0) is 11.2 Å². The third kappa shape index (κ3) is 3.46. The first-order valence-corrected chi connectivity index (χ1v) is 11.5. The van der Waals surface area contributed by atoms with E-state index in [1.165, 1.54) is 0 Å². The van der Waals surface area contributed by atoms with Gasteiger partial charge in [-0.25, -0.2) is 4.68 Å². The molecule has 0 unspecified atom stereocenters. The molecule has 0 saturated carbocycles. The number of hydrogen-bond donors (Lipinski definition) is 1. The first-order chi connectivity index (χ1) is 16.3. The van der Waals surface area contributed by atoms with E-state index in [0.29, 0.717) is 37.2 Å². The highest BCUT2D eigenvalue weighted by Crippen LogP contribution is 2.33. The summed E-state index contributed by atoms with van der Waals surface area (Å²) in [5.41, 5.74) is 12.0. The second-order valence-electron chi connectivity index (χ2n) is 9.07. The molecule has 5 rings (SSSR count). The Morgan fingerprint density at radius 3 is 2.29 bits per heavy atom.